The summed E-state index contributed by atoms with van der Waals surface area (Å²) in [7, 11) is 0. The first-order valence-electron chi connectivity index (χ1n) is 3.01. The van der Waals surface area contributed by atoms with Crippen LogP contribution < -0.4 is 16.8 Å². The Morgan fingerprint density at radius 3 is 2.50 bits per heavy atom. The molecule has 0 bridgehead atoms. The van der Waals surface area contributed by atoms with Crippen molar-refractivity contribution in [1.82, 2.24) is 5.32 Å². The number of hydrogen-bond acceptors (Lipinski definition) is 2. The van der Waals surface area contributed by atoms with Crippen LogP contribution in [0.15, 0.2) is 12.3 Å². The van der Waals surface area contributed by atoms with Gasteiger partial charge >= 0.3 is 6.03 Å². The van der Waals surface area contributed by atoms with Crippen LogP contribution in [0.3, 0.4) is 0 Å². The summed E-state index contributed by atoms with van der Waals surface area (Å²) >= 11 is 0. The summed E-state index contributed by atoms with van der Waals surface area (Å²) in [6, 6.07) is -0.566. The first-order chi connectivity index (χ1) is 4.52. The Labute approximate surface area is 60.3 Å². The van der Waals surface area contributed by atoms with Crippen LogP contribution in [0.2, 0.25) is 0 Å². The quantitative estimate of drug-likeness (QED) is 0.516. The molecule has 0 aliphatic rings. The normalized spacial score (nSPS) is 12.1. The highest BCUT2D eigenvalue weighted by Crippen LogP contribution is 1.94. The Bertz CT molecular complexity index is 128. The molecule has 10 heavy (non-hydrogen) atoms. The standard InChI is InChI=1S/C6H13N3O/c1-4(7)3-5(2)9-6(8)10/h5H,1,3,7H2,2H3,(H3,8,9,10). The van der Waals surface area contributed by atoms with Crippen molar-refractivity contribution in [2.75, 3.05) is 0 Å². The van der Waals surface area contributed by atoms with Crippen molar-refractivity contribution in [2.45, 2.75) is 19.4 Å². The number of nitrogens with one attached hydrogen (secondary N) is 1. The van der Waals surface area contributed by atoms with Crippen molar-refractivity contribution in [3.63, 3.8) is 0 Å². The maximum atomic E-state index is 10.2. The summed E-state index contributed by atoms with van der Waals surface area (Å²) in [5.74, 6) is 0. The molecule has 0 rings (SSSR count). The summed E-state index contributed by atoms with van der Waals surface area (Å²) in [5, 5.41) is 2.47. The number of rotatable bonds is 3. The molecule has 0 aromatic carbocycles. The lowest BCUT2D eigenvalue weighted by atomic mass is 10.2. The maximum Gasteiger partial charge on any atom is 0.312 e. The molecule has 0 aliphatic carbocycles. The Morgan fingerprint density at radius 1 is 1.70 bits per heavy atom. The van der Waals surface area contributed by atoms with Gasteiger partial charge in [0.15, 0.2) is 0 Å². The molecule has 5 N–H and O–H groups in total. The van der Waals surface area contributed by atoms with Crippen molar-refractivity contribution in [3.8, 4) is 0 Å². The zero-order chi connectivity index (χ0) is 8.15. The average molecular weight is 143 g/mol. The molecule has 4 heteroatoms. The van der Waals surface area contributed by atoms with Gasteiger partial charge in [0, 0.05) is 18.2 Å². The molecule has 0 aromatic rings. The van der Waals surface area contributed by atoms with E-state index in [1.807, 2.05) is 6.92 Å². The lowest BCUT2D eigenvalue weighted by Gasteiger charge is -2.10. The molecule has 0 saturated carbocycles. The van der Waals surface area contributed by atoms with Crippen LogP contribution in [0.1, 0.15) is 13.3 Å². The molecule has 0 radical (unpaired) electrons. The molecule has 0 aliphatic heterocycles. The highest BCUT2D eigenvalue weighted by molar-refractivity contribution is 5.71. The van der Waals surface area contributed by atoms with Gasteiger partial charge in [0.2, 0.25) is 0 Å². The Morgan fingerprint density at radius 2 is 2.20 bits per heavy atom. The first kappa shape index (κ1) is 8.81. The van der Waals surface area contributed by atoms with E-state index in [2.05, 4.69) is 11.9 Å². The lowest BCUT2D eigenvalue weighted by molar-refractivity contribution is 0.246. The number of amides is 2. The number of primary amides is 1. The predicted octanol–water partition coefficient (Wildman–Crippen LogP) is -0.0943. The predicted molar refractivity (Wildman–Crippen MR) is 40.1 cm³/mol. The smallest absolute Gasteiger partial charge is 0.312 e. The fourth-order valence-electron chi connectivity index (χ4n) is 0.687. The summed E-state index contributed by atoms with van der Waals surface area (Å²) in [5.41, 5.74) is 10.7. The van der Waals surface area contributed by atoms with E-state index in [1.54, 1.807) is 0 Å². The van der Waals surface area contributed by atoms with Gasteiger partial charge in [-0.05, 0) is 6.92 Å². The van der Waals surface area contributed by atoms with Crippen LogP contribution in [-0.2, 0) is 0 Å². The van der Waals surface area contributed by atoms with Crippen molar-refractivity contribution >= 4 is 6.03 Å². The average Bonchev–Trinajstić information content (AvgIpc) is 1.58. The van der Waals surface area contributed by atoms with Crippen LogP contribution in [0.25, 0.3) is 0 Å². The van der Waals surface area contributed by atoms with E-state index >= 15 is 0 Å². The molecular formula is C6H13N3O. The van der Waals surface area contributed by atoms with Crippen molar-refractivity contribution in [1.29, 1.82) is 0 Å². The molecule has 0 spiro atoms. The number of hydrogen-bond donors (Lipinski definition) is 3. The lowest BCUT2D eigenvalue weighted by Crippen LogP contribution is -2.37. The second kappa shape index (κ2) is 3.76. The Hall–Kier alpha value is -1.19. The highest BCUT2D eigenvalue weighted by atomic mass is 16.2. The summed E-state index contributed by atoms with van der Waals surface area (Å²) in [6.45, 7) is 5.30. The molecule has 58 valence electrons. The van der Waals surface area contributed by atoms with Crippen LogP contribution >= 0.6 is 0 Å². The van der Waals surface area contributed by atoms with Crippen molar-refractivity contribution in [2.24, 2.45) is 11.5 Å². The molecule has 4 nitrogen and oxygen atoms in total. The van der Waals surface area contributed by atoms with Gasteiger partial charge in [0.05, 0.1) is 0 Å². The summed E-state index contributed by atoms with van der Waals surface area (Å²) in [6.07, 6.45) is 0.558. The van der Waals surface area contributed by atoms with Crippen LogP contribution in [0.4, 0.5) is 4.79 Å². The van der Waals surface area contributed by atoms with Crippen LogP contribution in [-0.4, -0.2) is 12.1 Å². The number of carbonyl (C=O) groups is 1. The second-order valence-electron chi connectivity index (χ2n) is 2.27. The van der Waals surface area contributed by atoms with E-state index in [1.165, 1.54) is 0 Å². The maximum absolute atomic E-state index is 10.2. The fourth-order valence-corrected chi connectivity index (χ4v) is 0.687. The third-order valence-corrected chi connectivity index (χ3v) is 0.957. The topological polar surface area (TPSA) is 81.1 Å². The minimum absolute atomic E-state index is 0.0324. The highest BCUT2D eigenvalue weighted by Gasteiger charge is 2.02. The van der Waals surface area contributed by atoms with E-state index in [0.717, 1.165) is 0 Å². The van der Waals surface area contributed by atoms with E-state index in [0.29, 0.717) is 12.1 Å². The van der Waals surface area contributed by atoms with Crippen LogP contribution in [0.5, 0.6) is 0 Å². The van der Waals surface area contributed by atoms with E-state index < -0.39 is 6.03 Å². The summed E-state index contributed by atoms with van der Waals surface area (Å²) in [4.78, 5) is 10.2. The molecule has 0 fully saturated rings. The van der Waals surface area contributed by atoms with E-state index in [9.17, 15) is 4.79 Å². The molecule has 1 atom stereocenters. The molecule has 0 heterocycles. The van der Waals surface area contributed by atoms with Crippen LogP contribution in [0, 0.1) is 0 Å². The Kier molecular flexibility index (Phi) is 3.32. The molecule has 0 saturated heterocycles. The van der Waals surface area contributed by atoms with Gasteiger partial charge in [0.25, 0.3) is 0 Å². The SMILES string of the molecule is C=C(N)CC(C)NC(N)=O. The van der Waals surface area contributed by atoms with Gasteiger partial charge in [-0.1, -0.05) is 6.58 Å². The summed E-state index contributed by atoms with van der Waals surface area (Å²) < 4.78 is 0. The molecule has 0 aromatic heterocycles. The number of carbonyl (C=O) groups excluding carboxylic acids is 1. The van der Waals surface area contributed by atoms with Crippen molar-refractivity contribution in [3.05, 3.63) is 12.3 Å². The van der Waals surface area contributed by atoms with Gasteiger partial charge in [-0.25, -0.2) is 4.79 Å². The monoisotopic (exact) mass is 143 g/mol. The van der Waals surface area contributed by atoms with Gasteiger partial charge in [-0.3, -0.25) is 0 Å². The number of nitrogens with two attached hydrogens (primary N) is 2. The second-order valence-corrected chi connectivity index (χ2v) is 2.27. The Balaban J connectivity index is 3.53. The largest absolute Gasteiger partial charge is 0.402 e. The van der Waals surface area contributed by atoms with E-state index in [-0.39, 0.29) is 6.04 Å². The third kappa shape index (κ3) is 4.96. The van der Waals surface area contributed by atoms with Gasteiger partial charge in [0.1, 0.15) is 0 Å². The van der Waals surface area contributed by atoms with Crippen molar-refractivity contribution < 1.29 is 4.79 Å². The minimum Gasteiger partial charge on any atom is -0.402 e. The zero-order valence-corrected chi connectivity index (χ0v) is 6.05. The molecule has 2 amide bonds. The van der Waals surface area contributed by atoms with Gasteiger partial charge in [-0.2, -0.15) is 0 Å². The molecular weight excluding hydrogens is 130 g/mol. The minimum atomic E-state index is -0.534. The fraction of sp³-hybridized carbons (Fsp3) is 0.500. The number of urea groups is 1. The van der Waals surface area contributed by atoms with E-state index in [4.69, 9.17) is 11.5 Å². The molecule has 1 unspecified atom stereocenters. The third-order valence-electron chi connectivity index (χ3n) is 0.957. The van der Waals surface area contributed by atoms with Gasteiger partial charge in [-0.15, -0.1) is 0 Å². The van der Waals surface area contributed by atoms with Gasteiger partial charge < -0.3 is 16.8 Å². The first-order valence-corrected chi connectivity index (χ1v) is 3.01. The zero-order valence-electron chi connectivity index (χ0n) is 6.05.